The van der Waals surface area contributed by atoms with Crippen molar-refractivity contribution in [3.05, 3.63) is 59.7 Å². The topological polar surface area (TPSA) is 54.4 Å². The number of fused-ring (bicyclic) bond motifs is 3. The summed E-state index contributed by atoms with van der Waals surface area (Å²) < 4.78 is 32.4. The Morgan fingerprint density at radius 2 is 1.24 bits per heavy atom. The zero-order valence-electron chi connectivity index (χ0n) is 8.87. The zero-order chi connectivity index (χ0) is 12.0. The van der Waals surface area contributed by atoms with Crippen molar-refractivity contribution in [3.63, 3.8) is 0 Å². The van der Waals surface area contributed by atoms with Gasteiger partial charge in [0.1, 0.15) is 5.25 Å². The molecule has 4 heteroatoms. The van der Waals surface area contributed by atoms with E-state index in [4.69, 9.17) is 0 Å². The van der Waals surface area contributed by atoms with Crippen molar-refractivity contribution < 1.29 is 13.0 Å². The molecule has 0 amide bonds. The molecule has 2 aromatic carbocycles. The highest BCUT2D eigenvalue weighted by atomic mass is 32.2. The second kappa shape index (κ2) is 3.42. The average molecular weight is 246 g/mol. The van der Waals surface area contributed by atoms with E-state index in [9.17, 15) is 13.0 Å². The Morgan fingerprint density at radius 3 is 1.65 bits per heavy atom. The lowest BCUT2D eigenvalue weighted by atomic mass is 10.1. The molecular weight excluding hydrogens is 236 g/mol. The summed E-state index contributed by atoms with van der Waals surface area (Å²) in [6.07, 6.45) is 0. The van der Waals surface area contributed by atoms with Crippen molar-refractivity contribution in [1.29, 1.82) is 0 Å². The zero-order valence-corrected chi connectivity index (χ0v) is 9.68. The number of hydrogen-bond acceptors (Lipinski definition) is 2. The molecular formula is C13H10O3S. The fourth-order valence-electron chi connectivity index (χ4n) is 2.43. The van der Waals surface area contributed by atoms with Gasteiger partial charge in [-0.1, -0.05) is 48.5 Å². The van der Waals surface area contributed by atoms with Gasteiger partial charge in [0.15, 0.2) is 0 Å². The van der Waals surface area contributed by atoms with Crippen molar-refractivity contribution >= 4 is 10.1 Å². The number of benzene rings is 2. The molecule has 2 aromatic rings. The van der Waals surface area contributed by atoms with Gasteiger partial charge < -0.3 is 0 Å². The van der Waals surface area contributed by atoms with E-state index in [0.717, 1.165) is 11.1 Å². The van der Waals surface area contributed by atoms with Crippen LogP contribution in [0.2, 0.25) is 0 Å². The van der Waals surface area contributed by atoms with Gasteiger partial charge in [-0.3, -0.25) is 4.55 Å². The molecule has 0 fully saturated rings. The van der Waals surface area contributed by atoms with E-state index < -0.39 is 15.4 Å². The van der Waals surface area contributed by atoms with Crippen LogP contribution in [0.4, 0.5) is 0 Å². The van der Waals surface area contributed by atoms with Gasteiger partial charge in [0.2, 0.25) is 0 Å². The van der Waals surface area contributed by atoms with E-state index in [1.165, 1.54) is 0 Å². The fraction of sp³-hybridized carbons (Fsp3) is 0.0769. The van der Waals surface area contributed by atoms with Crippen LogP contribution in [0.3, 0.4) is 0 Å². The molecule has 0 unspecified atom stereocenters. The summed E-state index contributed by atoms with van der Waals surface area (Å²) in [6.45, 7) is 0. The maximum Gasteiger partial charge on any atom is 0.276 e. The highest BCUT2D eigenvalue weighted by molar-refractivity contribution is 7.86. The van der Waals surface area contributed by atoms with E-state index in [0.29, 0.717) is 11.1 Å². The molecule has 3 nitrogen and oxygen atoms in total. The standard InChI is InChI=1S/C13H10O3S/c14-17(15,16)13-11-7-3-1-5-9(11)10-6-2-4-8-12(10)13/h1-8,13H,(H,14,15,16). The third-order valence-electron chi connectivity index (χ3n) is 3.07. The van der Waals surface area contributed by atoms with E-state index in [2.05, 4.69) is 0 Å². The summed E-state index contributed by atoms with van der Waals surface area (Å²) in [5.41, 5.74) is 3.06. The molecule has 1 aliphatic carbocycles. The van der Waals surface area contributed by atoms with Crippen molar-refractivity contribution in [2.24, 2.45) is 0 Å². The Labute approximate surface area is 99.5 Å². The summed E-state index contributed by atoms with van der Waals surface area (Å²) in [4.78, 5) is 0. The van der Waals surface area contributed by atoms with Gasteiger partial charge >= 0.3 is 0 Å². The predicted molar refractivity (Wildman–Crippen MR) is 65.3 cm³/mol. The van der Waals surface area contributed by atoms with E-state index in [1.807, 2.05) is 24.3 Å². The van der Waals surface area contributed by atoms with Crippen LogP contribution in [0.1, 0.15) is 16.4 Å². The van der Waals surface area contributed by atoms with Crippen LogP contribution >= 0.6 is 0 Å². The summed E-state index contributed by atoms with van der Waals surface area (Å²) in [7, 11) is -4.13. The van der Waals surface area contributed by atoms with Crippen LogP contribution in [0.5, 0.6) is 0 Å². The predicted octanol–water partition coefficient (Wildman–Crippen LogP) is 2.64. The average Bonchev–Trinajstić information content (AvgIpc) is 2.63. The number of rotatable bonds is 1. The first-order valence-corrected chi connectivity index (χ1v) is 6.74. The summed E-state index contributed by atoms with van der Waals surface area (Å²) >= 11 is 0. The van der Waals surface area contributed by atoms with Crippen LogP contribution < -0.4 is 0 Å². The molecule has 17 heavy (non-hydrogen) atoms. The van der Waals surface area contributed by atoms with Crippen LogP contribution in [-0.4, -0.2) is 13.0 Å². The Morgan fingerprint density at radius 1 is 0.824 bits per heavy atom. The highest BCUT2D eigenvalue weighted by Gasteiger charge is 2.36. The lowest BCUT2D eigenvalue weighted by Gasteiger charge is -2.09. The molecule has 0 bridgehead atoms. The molecule has 0 radical (unpaired) electrons. The molecule has 1 aliphatic rings. The molecule has 0 heterocycles. The Kier molecular flexibility index (Phi) is 2.11. The molecule has 86 valence electrons. The maximum atomic E-state index is 11.5. The monoisotopic (exact) mass is 246 g/mol. The quantitative estimate of drug-likeness (QED) is 0.787. The second-order valence-corrected chi connectivity index (χ2v) is 5.57. The van der Waals surface area contributed by atoms with Gasteiger partial charge in [-0.05, 0) is 22.3 Å². The van der Waals surface area contributed by atoms with Gasteiger partial charge in [0, 0.05) is 0 Å². The third kappa shape index (κ3) is 1.49. The van der Waals surface area contributed by atoms with Gasteiger partial charge in [-0.25, -0.2) is 0 Å². The summed E-state index contributed by atoms with van der Waals surface area (Å²) in [5.74, 6) is 0. The Balaban J connectivity index is 2.39. The molecule has 0 spiro atoms. The van der Waals surface area contributed by atoms with E-state index in [1.54, 1.807) is 24.3 Å². The first kappa shape index (κ1) is 10.5. The van der Waals surface area contributed by atoms with Crippen molar-refractivity contribution in [1.82, 2.24) is 0 Å². The summed E-state index contributed by atoms with van der Waals surface area (Å²) in [5, 5.41) is -0.949. The van der Waals surface area contributed by atoms with Crippen LogP contribution in [0.15, 0.2) is 48.5 Å². The highest BCUT2D eigenvalue weighted by Crippen LogP contribution is 2.46. The fourth-order valence-corrected chi connectivity index (χ4v) is 3.48. The molecule has 0 saturated heterocycles. The van der Waals surface area contributed by atoms with Crippen molar-refractivity contribution in [2.45, 2.75) is 5.25 Å². The minimum Gasteiger partial charge on any atom is -0.285 e. The molecule has 0 atom stereocenters. The van der Waals surface area contributed by atoms with Gasteiger partial charge in [0.05, 0.1) is 0 Å². The van der Waals surface area contributed by atoms with Crippen LogP contribution in [-0.2, 0) is 10.1 Å². The molecule has 3 rings (SSSR count). The normalized spacial score (nSPS) is 14.4. The summed E-state index contributed by atoms with van der Waals surface area (Å²) in [6, 6.07) is 14.5. The lowest BCUT2D eigenvalue weighted by molar-refractivity contribution is 0.476. The Hall–Kier alpha value is -1.65. The third-order valence-corrected chi connectivity index (χ3v) is 4.18. The van der Waals surface area contributed by atoms with E-state index in [-0.39, 0.29) is 0 Å². The molecule has 0 saturated carbocycles. The first-order valence-electron chi connectivity index (χ1n) is 5.23. The minimum atomic E-state index is -4.13. The maximum absolute atomic E-state index is 11.5. The largest absolute Gasteiger partial charge is 0.285 e. The van der Waals surface area contributed by atoms with Crippen LogP contribution in [0.25, 0.3) is 11.1 Å². The first-order chi connectivity index (χ1) is 8.09. The lowest BCUT2D eigenvalue weighted by Crippen LogP contribution is -2.10. The van der Waals surface area contributed by atoms with Gasteiger partial charge in [-0.15, -0.1) is 0 Å². The Bertz CT molecular complexity index is 644. The molecule has 0 aromatic heterocycles. The van der Waals surface area contributed by atoms with Gasteiger partial charge in [0.25, 0.3) is 10.1 Å². The SMILES string of the molecule is O=S(=O)(O)C1c2ccccc2-c2ccccc21. The second-order valence-electron chi connectivity index (χ2n) is 4.07. The van der Waals surface area contributed by atoms with Crippen LogP contribution in [0, 0.1) is 0 Å². The van der Waals surface area contributed by atoms with Gasteiger partial charge in [-0.2, -0.15) is 8.42 Å². The van der Waals surface area contributed by atoms with Crippen molar-refractivity contribution in [3.8, 4) is 11.1 Å². The minimum absolute atomic E-state index is 0.649. The molecule has 1 N–H and O–H groups in total. The molecule has 0 aliphatic heterocycles. The van der Waals surface area contributed by atoms with Crippen molar-refractivity contribution in [2.75, 3.05) is 0 Å². The number of hydrogen-bond donors (Lipinski definition) is 1. The smallest absolute Gasteiger partial charge is 0.276 e. The van der Waals surface area contributed by atoms with E-state index >= 15 is 0 Å².